The van der Waals surface area contributed by atoms with Gasteiger partial charge in [0, 0.05) is 17.2 Å². The number of carbonyl (C=O) groups is 1. The average Bonchev–Trinajstić information content (AvgIpc) is 2.63. The molecule has 5 heteroatoms. The maximum atomic E-state index is 12.3. The van der Waals surface area contributed by atoms with Gasteiger partial charge >= 0.3 is 0 Å². The van der Waals surface area contributed by atoms with E-state index in [2.05, 4.69) is 4.98 Å². The summed E-state index contributed by atoms with van der Waals surface area (Å²) >= 11 is 0. The number of hydrogen-bond donors (Lipinski definition) is 0. The van der Waals surface area contributed by atoms with E-state index in [0.717, 1.165) is 17.0 Å². The number of nitrogens with zero attached hydrogens (tertiary/aromatic N) is 2. The van der Waals surface area contributed by atoms with Crippen molar-refractivity contribution in [2.75, 3.05) is 7.11 Å². The van der Waals surface area contributed by atoms with Crippen molar-refractivity contribution in [2.24, 2.45) is 0 Å². The Morgan fingerprint density at radius 1 is 1.04 bits per heavy atom. The standard InChI is InChI=1S/C19H17N2O2.BrH/c1-23-17-9-7-16(8-10-17)19(22)13-21-12-11-18(20-14-21)15-5-3-2-4-6-15;/h2-12,14H,13H2,1H3;1H/q+1;. The van der Waals surface area contributed by atoms with Crippen LogP contribution in [0.2, 0.25) is 0 Å². The van der Waals surface area contributed by atoms with Crippen molar-refractivity contribution >= 4 is 22.8 Å². The van der Waals surface area contributed by atoms with Gasteiger partial charge in [-0.2, -0.15) is 0 Å². The molecular weight excluding hydrogens is 368 g/mol. The molecule has 0 aliphatic carbocycles. The van der Waals surface area contributed by atoms with E-state index in [0.29, 0.717) is 5.56 Å². The van der Waals surface area contributed by atoms with E-state index in [1.54, 1.807) is 42.3 Å². The first kappa shape index (κ1) is 17.8. The molecular formula is C19H18BrN2O2+. The molecule has 0 N–H and O–H groups in total. The Labute approximate surface area is 151 Å². The van der Waals surface area contributed by atoms with Gasteiger partial charge in [-0.15, -0.1) is 17.0 Å². The number of ether oxygens (including phenoxy) is 1. The van der Waals surface area contributed by atoms with E-state index < -0.39 is 0 Å². The van der Waals surface area contributed by atoms with Crippen molar-refractivity contribution in [1.82, 2.24) is 4.98 Å². The molecule has 0 saturated heterocycles. The van der Waals surface area contributed by atoms with Gasteiger partial charge in [0.25, 0.3) is 6.33 Å². The number of rotatable bonds is 5. The second-order valence-corrected chi connectivity index (χ2v) is 5.14. The van der Waals surface area contributed by atoms with Crippen molar-refractivity contribution in [2.45, 2.75) is 6.54 Å². The molecule has 0 aliphatic rings. The van der Waals surface area contributed by atoms with Crippen LogP contribution in [0.15, 0.2) is 73.2 Å². The fraction of sp³-hybridized carbons (Fsp3) is 0.105. The van der Waals surface area contributed by atoms with Gasteiger partial charge in [-0.3, -0.25) is 4.79 Å². The van der Waals surface area contributed by atoms with Gasteiger partial charge in [0.15, 0.2) is 12.2 Å². The Hall–Kier alpha value is -2.53. The van der Waals surface area contributed by atoms with Gasteiger partial charge < -0.3 is 4.74 Å². The number of Topliss-reactive ketones (excluding diaryl/α,β-unsaturated/α-hetero) is 1. The third-order valence-electron chi connectivity index (χ3n) is 3.58. The van der Waals surface area contributed by atoms with E-state index in [9.17, 15) is 4.79 Å². The zero-order valence-corrected chi connectivity index (χ0v) is 15.0. The normalized spacial score (nSPS) is 9.88. The first-order valence-electron chi connectivity index (χ1n) is 7.34. The summed E-state index contributed by atoms with van der Waals surface area (Å²) in [5.74, 6) is 0.773. The van der Waals surface area contributed by atoms with E-state index in [1.807, 2.05) is 42.6 Å². The molecule has 0 saturated carbocycles. The van der Waals surface area contributed by atoms with Gasteiger partial charge in [0.1, 0.15) is 5.75 Å². The van der Waals surface area contributed by atoms with Gasteiger partial charge in [-0.05, 0) is 29.2 Å². The summed E-state index contributed by atoms with van der Waals surface area (Å²) in [4.78, 5) is 16.7. The van der Waals surface area contributed by atoms with Gasteiger partial charge in [0.2, 0.25) is 5.78 Å². The van der Waals surface area contributed by atoms with Gasteiger partial charge in [0.05, 0.1) is 13.3 Å². The van der Waals surface area contributed by atoms with E-state index in [-0.39, 0.29) is 29.3 Å². The number of hydrogen-bond acceptors (Lipinski definition) is 3. The van der Waals surface area contributed by atoms with Crippen LogP contribution in [-0.4, -0.2) is 17.9 Å². The topological polar surface area (TPSA) is 43.1 Å². The van der Waals surface area contributed by atoms with E-state index in [1.165, 1.54) is 0 Å². The molecule has 0 radical (unpaired) electrons. The molecule has 3 rings (SSSR count). The molecule has 0 aliphatic heterocycles. The number of aromatic nitrogens is 2. The molecule has 1 aromatic heterocycles. The summed E-state index contributed by atoms with van der Waals surface area (Å²) in [6.07, 6.45) is 3.56. The second kappa shape index (κ2) is 8.36. The third kappa shape index (κ3) is 4.26. The Morgan fingerprint density at radius 3 is 2.33 bits per heavy atom. The molecule has 24 heavy (non-hydrogen) atoms. The van der Waals surface area contributed by atoms with Crippen LogP contribution in [0.4, 0.5) is 0 Å². The monoisotopic (exact) mass is 385 g/mol. The summed E-state index contributed by atoms with van der Waals surface area (Å²) < 4.78 is 6.87. The maximum Gasteiger partial charge on any atom is 0.287 e. The van der Waals surface area contributed by atoms with Crippen molar-refractivity contribution in [3.63, 3.8) is 0 Å². The molecule has 0 amide bonds. The van der Waals surface area contributed by atoms with Crippen LogP contribution in [0.3, 0.4) is 0 Å². The summed E-state index contributed by atoms with van der Waals surface area (Å²) in [7, 11) is 1.60. The predicted octanol–water partition coefficient (Wildman–Crippen LogP) is 3.51. The third-order valence-corrected chi connectivity index (χ3v) is 3.58. The number of carbonyl (C=O) groups excluding carboxylic acids is 1. The van der Waals surface area contributed by atoms with Crippen LogP contribution in [0.1, 0.15) is 10.4 Å². The highest BCUT2D eigenvalue weighted by Gasteiger charge is 2.11. The highest BCUT2D eigenvalue weighted by molar-refractivity contribution is 8.93. The zero-order chi connectivity index (χ0) is 16.1. The van der Waals surface area contributed by atoms with Crippen LogP contribution in [-0.2, 0) is 6.54 Å². The summed E-state index contributed by atoms with van der Waals surface area (Å²) in [6.45, 7) is 0.258. The molecule has 0 bridgehead atoms. The fourth-order valence-electron chi connectivity index (χ4n) is 2.29. The predicted molar refractivity (Wildman–Crippen MR) is 97.5 cm³/mol. The van der Waals surface area contributed by atoms with Crippen LogP contribution in [0, 0.1) is 0 Å². The van der Waals surface area contributed by atoms with E-state index in [4.69, 9.17) is 4.74 Å². The number of halogens is 1. The second-order valence-electron chi connectivity index (χ2n) is 5.14. The Balaban J connectivity index is 0.00000208. The zero-order valence-electron chi connectivity index (χ0n) is 13.3. The summed E-state index contributed by atoms with van der Waals surface area (Å²) in [5, 5.41) is 0. The summed E-state index contributed by atoms with van der Waals surface area (Å²) in [6, 6.07) is 19.0. The first-order valence-corrected chi connectivity index (χ1v) is 7.34. The Morgan fingerprint density at radius 2 is 1.75 bits per heavy atom. The smallest absolute Gasteiger partial charge is 0.287 e. The lowest BCUT2D eigenvalue weighted by molar-refractivity contribution is -0.686. The molecule has 0 unspecified atom stereocenters. The fourth-order valence-corrected chi connectivity index (χ4v) is 2.29. The lowest BCUT2D eigenvalue weighted by Gasteiger charge is -2.02. The van der Waals surface area contributed by atoms with Crippen molar-refractivity contribution in [1.29, 1.82) is 0 Å². The highest BCUT2D eigenvalue weighted by atomic mass is 79.9. The molecule has 4 nitrogen and oxygen atoms in total. The van der Waals surface area contributed by atoms with Crippen LogP contribution in [0.5, 0.6) is 5.75 Å². The van der Waals surface area contributed by atoms with Crippen molar-refractivity contribution in [3.8, 4) is 17.0 Å². The molecule has 0 fully saturated rings. The molecule has 1 heterocycles. The molecule has 2 aromatic carbocycles. The number of benzene rings is 2. The lowest BCUT2D eigenvalue weighted by Crippen LogP contribution is -2.37. The van der Waals surface area contributed by atoms with Gasteiger partial charge in [-0.1, -0.05) is 30.3 Å². The first-order chi connectivity index (χ1) is 11.3. The lowest BCUT2D eigenvalue weighted by atomic mass is 10.1. The van der Waals surface area contributed by atoms with Gasteiger partial charge in [-0.25, -0.2) is 4.57 Å². The Bertz CT molecular complexity index is 788. The maximum absolute atomic E-state index is 12.3. The van der Waals surface area contributed by atoms with Crippen LogP contribution in [0.25, 0.3) is 11.3 Å². The summed E-state index contributed by atoms with van der Waals surface area (Å²) in [5.41, 5.74) is 2.60. The quantitative estimate of drug-likeness (QED) is 0.498. The Kier molecular flexibility index (Phi) is 6.21. The largest absolute Gasteiger partial charge is 0.497 e. The van der Waals surface area contributed by atoms with Crippen molar-refractivity contribution in [3.05, 3.63) is 78.8 Å². The van der Waals surface area contributed by atoms with Crippen molar-refractivity contribution < 1.29 is 14.1 Å². The SMILES string of the molecule is Br.COc1ccc(C(=O)C[n+]2ccc(-c3ccccc3)nc2)cc1. The minimum absolute atomic E-state index is 0. The van der Waals surface area contributed by atoms with Crippen LogP contribution >= 0.6 is 17.0 Å². The molecule has 122 valence electrons. The molecule has 0 spiro atoms. The minimum Gasteiger partial charge on any atom is -0.497 e. The minimum atomic E-state index is 0. The average molecular weight is 386 g/mol. The van der Waals surface area contributed by atoms with Crippen LogP contribution < -0.4 is 9.30 Å². The number of ketones is 1. The molecule has 0 atom stereocenters. The highest BCUT2D eigenvalue weighted by Crippen LogP contribution is 2.14. The van der Waals surface area contributed by atoms with E-state index >= 15 is 0 Å². The molecule has 3 aromatic rings. The number of methoxy groups -OCH3 is 1.